The molecule has 0 radical (unpaired) electrons. The minimum atomic E-state index is -0.205. The maximum Gasteiger partial charge on any atom is 0.0997 e. The van der Waals surface area contributed by atoms with Gasteiger partial charge in [0.2, 0.25) is 0 Å². The molecule has 19 heavy (non-hydrogen) atoms. The third-order valence-electron chi connectivity index (χ3n) is 4.58. The van der Waals surface area contributed by atoms with Gasteiger partial charge in [0, 0.05) is 17.2 Å². The van der Waals surface area contributed by atoms with E-state index in [1.165, 1.54) is 16.8 Å². The van der Waals surface area contributed by atoms with Crippen molar-refractivity contribution in [1.29, 1.82) is 0 Å². The van der Waals surface area contributed by atoms with Gasteiger partial charge in [-0.2, -0.15) is 0 Å². The molecule has 0 N–H and O–H groups in total. The number of ether oxygens (including phenoxy) is 1. The Kier molecular flexibility index (Phi) is 3.51. The maximum atomic E-state index is 6.47. The van der Waals surface area contributed by atoms with Crippen molar-refractivity contribution >= 4 is 0 Å². The number of rotatable bonds is 2. The molecule has 0 saturated carbocycles. The Balaban J connectivity index is 2.77. The molecule has 1 aliphatic heterocycles. The lowest BCUT2D eigenvalue weighted by molar-refractivity contribution is -0.144. The van der Waals surface area contributed by atoms with Gasteiger partial charge in [0.15, 0.2) is 0 Å². The zero-order valence-electron chi connectivity index (χ0n) is 13.4. The summed E-state index contributed by atoms with van der Waals surface area (Å²) >= 11 is 0. The summed E-state index contributed by atoms with van der Waals surface area (Å²) in [5.41, 5.74) is 3.65. The van der Waals surface area contributed by atoms with Gasteiger partial charge in [-0.05, 0) is 30.4 Å². The predicted octanol–water partition coefficient (Wildman–Crippen LogP) is 4.21. The Morgan fingerprint density at radius 3 is 2.26 bits per heavy atom. The van der Waals surface area contributed by atoms with Crippen LogP contribution in [0.4, 0.5) is 0 Å². The second-order valence-electron chi connectivity index (χ2n) is 7.13. The number of hydrogen-bond acceptors (Lipinski definition) is 2. The highest BCUT2D eigenvalue weighted by Crippen LogP contribution is 2.49. The van der Waals surface area contributed by atoms with Crippen LogP contribution in [0.25, 0.3) is 0 Å². The molecule has 2 nitrogen and oxygen atoms in total. The Morgan fingerprint density at radius 1 is 1.16 bits per heavy atom. The summed E-state index contributed by atoms with van der Waals surface area (Å²) in [7, 11) is 0. The Hall–Kier alpha value is -0.890. The summed E-state index contributed by atoms with van der Waals surface area (Å²) < 4.78 is 6.47. The van der Waals surface area contributed by atoms with Gasteiger partial charge in [-0.3, -0.25) is 4.98 Å². The highest BCUT2D eigenvalue weighted by atomic mass is 16.5. The van der Waals surface area contributed by atoms with Crippen LogP contribution in [-0.2, 0) is 15.8 Å². The Labute approximate surface area is 117 Å². The van der Waals surface area contributed by atoms with E-state index in [1.807, 2.05) is 6.20 Å². The highest BCUT2D eigenvalue weighted by Gasteiger charge is 2.49. The average Bonchev–Trinajstić information content (AvgIpc) is 2.29. The fourth-order valence-electron chi connectivity index (χ4n) is 3.58. The van der Waals surface area contributed by atoms with Crippen LogP contribution in [0, 0.1) is 18.8 Å². The molecular weight excluding hydrogens is 234 g/mol. The molecule has 0 aliphatic carbocycles. The van der Waals surface area contributed by atoms with Crippen LogP contribution in [0.2, 0.25) is 0 Å². The molecule has 2 rings (SSSR count). The molecule has 0 fully saturated rings. The molecule has 0 aromatic carbocycles. The van der Waals surface area contributed by atoms with Gasteiger partial charge in [0.1, 0.15) is 0 Å². The zero-order valence-corrected chi connectivity index (χ0v) is 13.4. The number of nitrogens with zero attached hydrogens (tertiary/aromatic N) is 1. The maximum absolute atomic E-state index is 6.47. The van der Waals surface area contributed by atoms with E-state index < -0.39 is 0 Å². The minimum absolute atomic E-state index is 0.00532. The number of aromatic nitrogens is 1. The number of fused-ring (bicyclic) bond motifs is 1. The molecule has 1 aromatic rings. The van der Waals surface area contributed by atoms with E-state index in [0.29, 0.717) is 11.8 Å². The van der Waals surface area contributed by atoms with Crippen LogP contribution in [0.3, 0.4) is 0 Å². The van der Waals surface area contributed by atoms with E-state index in [2.05, 4.69) is 54.5 Å². The summed E-state index contributed by atoms with van der Waals surface area (Å²) in [6.45, 7) is 16.4. The van der Waals surface area contributed by atoms with E-state index in [0.717, 1.165) is 6.61 Å². The monoisotopic (exact) mass is 261 g/mol. The second kappa shape index (κ2) is 4.59. The minimum Gasteiger partial charge on any atom is -0.369 e. The lowest BCUT2D eigenvalue weighted by Crippen LogP contribution is -2.50. The van der Waals surface area contributed by atoms with Crippen molar-refractivity contribution in [3.63, 3.8) is 0 Å². The standard InChI is InChI=1S/C17H27NO/c1-11(2)17(12(3)4)14-13(5)8-9-18-15(14)16(6,7)10-19-17/h8-9,11-12H,10H2,1-7H3. The number of pyridine rings is 1. The molecule has 0 spiro atoms. The molecule has 0 amide bonds. The smallest absolute Gasteiger partial charge is 0.0997 e. The summed E-state index contributed by atoms with van der Waals surface area (Å²) in [6, 6.07) is 2.11. The van der Waals surface area contributed by atoms with Gasteiger partial charge in [-0.1, -0.05) is 41.5 Å². The van der Waals surface area contributed by atoms with Crippen LogP contribution >= 0.6 is 0 Å². The summed E-state index contributed by atoms with van der Waals surface area (Å²) in [5, 5.41) is 0. The van der Waals surface area contributed by atoms with Gasteiger partial charge in [0.05, 0.1) is 17.9 Å². The van der Waals surface area contributed by atoms with Crippen LogP contribution in [0.5, 0.6) is 0 Å². The zero-order chi connectivity index (χ0) is 14.4. The van der Waals surface area contributed by atoms with Crippen molar-refractivity contribution in [2.45, 2.75) is 59.5 Å². The summed E-state index contributed by atoms with van der Waals surface area (Å²) in [6.07, 6.45) is 1.94. The molecule has 0 atom stereocenters. The SMILES string of the molecule is Cc1ccnc2c1C(C(C)C)(C(C)C)OCC2(C)C. The fourth-order valence-corrected chi connectivity index (χ4v) is 3.58. The van der Waals surface area contributed by atoms with Gasteiger partial charge >= 0.3 is 0 Å². The van der Waals surface area contributed by atoms with Crippen molar-refractivity contribution in [3.8, 4) is 0 Å². The van der Waals surface area contributed by atoms with Crippen LogP contribution in [0.15, 0.2) is 12.3 Å². The van der Waals surface area contributed by atoms with Gasteiger partial charge in [-0.25, -0.2) is 0 Å². The second-order valence-corrected chi connectivity index (χ2v) is 7.13. The first-order chi connectivity index (χ1) is 8.73. The van der Waals surface area contributed by atoms with E-state index in [4.69, 9.17) is 9.72 Å². The quantitative estimate of drug-likeness (QED) is 0.795. The van der Waals surface area contributed by atoms with Crippen LogP contribution in [-0.4, -0.2) is 11.6 Å². The molecule has 0 saturated heterocycles. The largest absolute Gasteiger partial charge is 0.369 e. The van der Waals surface area contributed by atoms with Crippen molar-refractivity contribution in [3.05, 3.63) is 29.1 Å². The number of aryl methyl sites for hydroxylation is 1. The Morgan fingerprint density at radius 2 is 1.74 bits per heavy atom. The first kappa shape index (κ1) is 14.5. The lowest BCUT2D eigenvalue weighted by atomic mass is 9.67. The third kappa shape index (κ3) is 2.01. The van der Waals surface area contributed by atoms with Crippen molar-refractivity contribution in [2.75, 3.05) is 6.61 Å². The van der Waals surface area contributed by atoms with Gasteiger partial charge in [-0.15, -0.1) is 0 Å². The van der Waals surface area contributed by atoms with E-state index in [9.17, 15) is 0 Å². The topological polar surface area (TPSA) is 22.1 Å². The Bertz CT molecular complexity index is 466. The molecule has 1 aromatic heterocycles. The predicted molar refractivity (Wildman–Crippen MR) is 79.3 cm³/mol. The molecule has 2 heterocycles. The molecule has 106 valence electrons. The molecule has 1 aliphatic rings. The van der Waals surface area contributed by atoms with Crippen molar-refractivity contribution in [1.82, 2.24) is 4.98 Å². The van der Waals surface area contributed by atoms with E-state index in [1.54, 1.807) is 0 Å². The third-order valence-corrected chi connectivity index (χ3v) is 4.58. The van der Waals surface area contributed by atoms with Crippen molar-refractivity contribution in [2.24, 2.45) is 11.8 Å². The molecule has 2 heteroatoms. The van der Waals surface area contributed by atoms with E-state index >= 15 is 0 Å². The summed E-state index contributed by atoms with van der Waals surface area (Å²) in [4.78, 5) is 4.71. The lowest BCUT2D eigenvalue weighted by Gasteiger charge is -2.50. The average molecular weight is 261 g/mol. The molecule has 0 unspecified atom stereocenters. The van der Waals surface area contributed by atoms with Gasteiger partial charge < -0.3 is 4.74 Å². The molecule has 0 bridgehead atoms. The molecular formula is C17H27NO. The van der Waals surface area contributed by atoms with E-state index in [-0.39, 0.29) is 11.0 Å². The van der Waals surface area contributed by atoms with Gasteiger partial charge in [0.25, 0.3) is 0 Å². The normalized spacial score (nSPS) is 20.7. The summed E-state index contributed by atoms with van der Waals surface area (Å²) in [5.74, 6) is 0.871. The highest BCUT2D eigenvalue weighted by molar-refractivity contribution is 5.41. The fraction of sp³-hybridized carbons (Fsp3) is 0.706. The number of hydrogen-bond donors (Lipinski definition) is 0. The van der Waals surface area contributed by atoms with Crippen LogP contribution in [0.1, 0.15) is 58.4 Å². The van der Waals surface area contributed by atoms with Crippen molar-refractivity contribution < 1.29 is 4.74 Å². The van der Waals surface area contributed by atoms with Crippen LogP contribution < -0.4 is 0 Å². The first-order valence-corrected chi connectivity index (χ1v) is 7.34. The first-order valence-electron chi connectivity index (χ1n) is 7.34.